The summed E-state index contributed by atoms with van der Waals surface area (Å²) in [5.41, 5.74) is 17.5. The normalized spacial score (nSPS) is 14.0. The summed E-state index contributed by atoms with van der Waals surface area (Å²) in [6.45, 7) is 17.9. The maximum atomic E-state index is 12.8. The van der Waals surface area contributed by atoms with Crippen LogP contribution in [0.5, 0.6) is 5.75 Å². The van der Waals surface area contributed by atoms with E-state index in [9.17, 15) is 7.85 Å². The van der Waals surface area contributed by atoms with E-state index in [1.165, 1.54) is 16.7 Å². The fraction of sp³-hybridized carbons (Fsp3) is 0.239. The second-order valence-electron chi connectivity index (χ2n) is 23.3. The molecule has 75 heavy (non-hydrogen) atoms. The Morgan fingerprint density at radius 3 is 1.76 bits per heavy atom. The van der Waals surface area contributed by atoms with Crippen molar-refractivity contribution in [2.45, 2.75) is 104 Å². The van der Waals surface area contributed by atoms with Crippen molar-refractivity contribution < 1.29 is 7.85 Å². The van der Waals surface area contributed by atoms with Gasteiger partial charge in [0.2, 0.25) is 0 Å². The van der Waals surface area contributed by atoms with Crippen LogP contribution in [0.2, 0.25) is 0 Å². The maximum absolute atomic E-state index is 12.8. The number of pyridine rings is 1. The first kappa shape index (κ1) is 46.9. The molecule has 1 aliphatic rings. The van der Waals surface area contributed by atoms with Gasteiger partial charge in [0.15, 0.2) is 0 Å². The Bertz CT molecular complexity index is 3760. The predicted octanol–water partition coefficient (Wildman–Crippen LogP) is 18.8. The highest BCUT2D eigenvalue weighted by atomic mass is 16.3. The minimum Gasteiger partial charge on any atom is -0.507 e. The summed E-state index contributed by atoms with van der Waals surface area (Å²) in [6.07, 6.45) is 4.27. The van der Waals surface area contributed by atoms with Gasteiger partial charge in [0.1, 0.15) is 11.6 Å². The number of benzene rings is 8. The number of rotatable bonds is 11. The van der Waals surface area contributed by atoms with Gasteiger partial charge in [0.05, 0.1) is 28.0 Å². The van der Waals surface area contributed by atoms with Crippen LogP contribution in [0, 0.1) is 5.92 Å². The Balaban J connectivity index is 1.13. The topological polar surface area (TPSA) is 50.9 Å². The Hall–Kier alpha value is -7.82. The lowest BCUT2D eigenvalue weighted by Gasteiger charge is -2.26. The highest BCUT2D eigenvalue weighted by molar-refractivity contribution is 5.98. The molecule has 8 aromatic carbocycles. The van der Waals surface area contributed by atoms with E-state index in [0.717, 1.165) is 104 Å². The predicted molar refractivity (Wildman–Crippen MR) is 315 cm³/mol. The molecule has 4 heteroatoms. The second-order valence-corrected chi connectivity index (χ2v) is 23.3. The van der Waals surface area contributed by atoms with Gasteiger partial charge in [-0.15, -0.1) is 0 Å². The van der Waals surface area contributed by atoms with Crippen LogP contribution in [0.1, 0.15) is 112 Å². The number of phenols is 1. The number of aromatic hydroxyl groups is 1. The summed E-state index contributed by atoms with van der Waals surface area (Å²) in [5.74, 6) is 0.695. The van der Waals surface area contributed by atoms with Crippen LogP contribution in [0.15, 0.2) is 200 Å². The molecule has 11 rings (SSSR count). The number of imidazole rings is 1. The molecule has 1 saturated carbocycles. The summed E-state index contributed by atoms with van der Waals surface area (Å²) in [7, 11) is 0. The molecule has 1 N–H and O–H groups in total. The zero-order chi connectivity index (χ0) is 53.9. The van der Waals surface area contributed by atoms with E-state index < -0.39 is 6.37 Å². The quantitative estimate of drug-likeness (QED) is 0.140. The van der Waals surface area contributed by atoms with Crippen molar-refractivity contribution >= 4 is 11.0 Å². The number of phenolic OH excluding ortho intramolecular Hbond substituents is 1. The fourth-order valence-electron chi connectivity index (χ4n) is 11.0. The lowest BCUT2D eigenvalue weighted by atomic mass is 9.78. The van der Waals surface area contributed by atoms with Gasteiger partial charge < -0.3 is 5.11 Å². The first-order chi connectivity index (χ1) is 36.9. The first-order valence-electron chi connectivity index (χ1n) is 27.8. The largest absolute Gasteiger partial charge is 0.507 e. The average molecular weight is 982 g/mol. The van der Waals surface area contributed by atoms with Crippen LogP contribution in [0.4, 0.5) is 0 Å². The number of nitrogens with zero attached hydrogens (tertiary/aromatic N) is 3. The minimum atomic E-state index is -1.51. The lowest BCUT2D eigenvalue weighted by molar-refractivity contribution is 0.477. The van der Waals surface area contributed by atoms with Gasteiger partial charge in [0.25, 0.3) is 0 Å². The molecule has 10 aromatic rings. The SMILES string of the molecule is [2H]C([2H])(c1ccc(-n2c(-c3cc(C(C)(C)C)cc(-c4ccccc4)c3O)nc3c(-c4cc(-c5cc(-c6ccc(C(C)(C)c7ccccc7)cc6)ccn5)cc(C(C)(C)C)c4)cccc32)c(-c2ccccc2)c1)C1CCCC1. The van der Waals surface area contributed by atoms with E-state index in [0.29, 0.717) is 17.0 Å². The monoisotopic (exact) mass is 982 g/mol. The van der Waals surface area contributed by atoms with Crippen molar-refractivity contribution in [3.63, 3.8) is 0 Å². The number of para-hydroxylation sites is 1. The minimum absolute atomic E-state index is 0.0477. The first-order valence-corrected chi connectivity index (χ1v) is 26.8. The molecule has 2 aromatic heterocycles. The summed E-state index contributed by atoms with van der Waals surface area (Å²) in [4.78, 5) is 10.8. The van der Waals surface area contributed by atoms with Crippen LogP contribution < -0.4 is 0 Å². The van der Waals surface area contributed by atoms with Crippen molar-refractivity contribution in [1.29, 1.82) is 0 Å². The molecule has 0 aliphatic heterocycles. The number of aromatic nitrogens is 3. The Morgan fingerprint density at radius 1 is 0.493 bits per heavy atom. The number of hydrogen-bond donors (Lipinski definition) is 1. The lowest BCUT2D eigenvalue weighted by Crippen LogP contribution is -2.18. The molecule has 4 nitrogen and oxygen atoms in total. The molecule has 2 heterocycles. The average Bonchev–Trinajstić information content (AvgIpc) is 4.34. The smallest absolute Gasteiger partial charge is 0.149 e. The second kappa shape index (κ2) is 19.8. The zero-order valence-corrected chi connectivity index (χ0v) is 44.7. The Kier molecular flexibility index (Phi) is 12.4. The number of fused-ring (bicyclic) bond motifs is 1. The molecule has 0 atom stereocenters. The van der Waals surface area contributed by atoms with E-state index in [-0.39, 0.29) is 27.9 Å². The van der Waals surface area contributed by atoms with Gasteiger partial charge in [-0.3, -0.25) is 9.55 Å². The molecule has 0 radical (unpaired) electrons. The van der Waals surface area contributed by atoms with Gasteiger partial charge in [0, 0.05) is 36.6 Å². The summed E-state index contributed by atoms with van der Waals surface area (Å²) in [5, 5.41) is 12.8. The van der Waals surface area contributed by atoms with Gasteiger partial charge in [-0.1, -0.05) is 221 Å². The van der Waals surface area contributed by atoms with Crippen LogP contribution in [0.25, 0.3) is 83.9 Å². The molecule has 0 saturated heterocycles. The molecule has 0 amide bonds. The van der Waals surface area contributed by atoms with Gasteiger partial charge in [-0.2, -0.15) is 0 Å². The van der Waals surface area contributed by atoms with Gasteiger partial charge in [-0.05, 0) is 133 Å². The zero-order valence-electron chi connectivity index (χ0n) is 46.7. The molecule has 0 unspecified atom stereocenters. The summed E-state index contributed by atoms with van der Waals surface area (Å²) >= 11 is 0. The van der Waals surface area contributed by atoms with Crippen LogP contribution in [-0.4, -0.2) is 19.6 Å². The highest BCUT2D eigenvalue weighted by Gasteiger charge is 2.28. The number of hydrogen-bond acceptors (Lipinski definition) is 3. The highest BCUT2D eigenvalue weighted by Crippen LogP contribution is 2.46. The van der Waals surface area contributed by atoms with E-state index in [4.69, 9.17) is 9.97 Å². The van der Waals surface area contributed by atoms with Crippen LogP contribution >= 0.6 is 0 Å². The fourth-order valence-corrected chi connectivity index (χ4v) is 11.0. The van der Waals surface area contributed by atoms with E-state index in [1.54, 1.807) is 0 Å². The molecular weight excluding hydrogens is 911 g/mol. The van der Waals surface area contributed by atoms with E-state index in [1.807, 2.05) is 60.8 Å². The molecule has 374 valence electrons. The van der Waals surface area contributed by atoms with Gasteiger partial charge >= 0.3 is 0 Å². The molecule has 1 fully saturated rings. The third-order valence-corrected chi connectivity index (χ3v) is 15.6. The standard InChI is InChI=1S/C71H69N3O/c1-69(2,3)57-42-53(41-54(43-57)63-44-52(37-38-72-63)49-32-34-56(35-33-49)71(7,8)55-27-16-11-17-28-55)59-29-20-30-65-66(59)73-68(62-46-58(70(4,5)6)45-61(67(62)75)51-25-14-10-15-26-51)74(65)64-36-31-48(39-47-21-18-19-22-47)40-60(64)50-23-12-9-13-24-50/h9-17,20,23-38,40-47,75H,18-19,21-22,39H2,1-8H3/i39D2. The maximum Gasteiger partial charge on any atom is 0.149 e. The van der Waals surface area contributed by atoms with E-state index >= 15 is 0 Å². The van der Waals surface area contributed by atoms with Gasteiger partial charge in [-0.25, -0.2) is 4.98 Å². The van der Waals surface area contributed by atoms with Crippen molar-refractivity contribution in [3.8, 4) is 78.6 Å². The molecular formula is C71H69N3O. The Labute approximate surface area is 447 Å². The Morgan fingerprint density at radius 2 is 1.09 bits per heavy atom. The van der Waals surface area contributed by atoms with Crippen LogP contribution in [-0.2, 0) is 22.6 Å². The van der Waals surface area contributed by atoms with Crippen molar-refractivity contribution in [1.82, 2.24) is 14.5 Å². The van der Waals surface area contributed by atoms with E-state index in [2.05, 4.69) is 199 Å². The summed E-state index contributed by atoms with van der Waals surface area (Å²) in [6, 6.07) is 68.0. The third-order valence-electron chi connectivity index (χ3n) is 15.6. The molecule has 1 aliphatic carbocycles. The van der Waals surface area contributed by atoms with Crippen molar-refractivity contribution in [3.05, 3.63) is 228 Å². The van der Waals surface area contributed by atoms with Crippen LogP contribution in [0.3, 0.4) is 0 Å². The molecule has 0 bridgehead atoms. The van der Waals surface area contributed by atoms with Crippen molar-refractivity contribution in [2.75, 3.05) is 0 Å². The van der Waals surface area contributed by atoms with Crippen molar-refractivity contribution in [2.24, 2.45) is 5.92 Å². The summed E-state index contributed by atoms with van der Waals surface area (Å²) < 4.78 is 21.4. The molecule has 0 spiro atoms. The third kappa shape index (κ3) is 9.87.